The average molecular weight is 274 g/mol. The topological polar surface area (TPSA) is 40.5 Å². The molecule has 4 rings (SSSR count). The highest BCUT2D eigenvalue weighted by atomic mass is 16.3. The van der Waals surface area contributed by atoms with Gasteiger partial charge in [0.25, 0.3) is 0 Å². The van der Waals surface area contributed by atoms with Crippen LogP contribution in [0, 0.1) is 23.2 Å². The molecule has 0 unspecified atom stereocenters. The van der Waals surface area contributed by atoms with Gasteiger partial charge in [-0.1, -0.05) is 30.2 Å². The van der Waals surface area contributed by atoms with E-state index in [4.69, 9.17) is 0 Å². The van der Waals surface area contributed by atoms with Crippen molar-refractivity contribution in [1.29, 1.82) is 0 Å². The molecule has 2 nitrogen and oxygen atoms in total. The van der Waals surface area contributed by atoms with Gasteiger partial charge in [-0.05, 0) is 56.8 Å². The lowest BCUT2D eigenvalue weighted by atomic mass is 9.56. The Balaban J connectivity index is 1.69. The molecule has 4 aliphatic carbocycles. The zero-order valence-electron chi connectivity index (χ0n) is 12.4. The minimum atomic E-state index is -0.208. The Morgan fingerprint density at radius 2 is 1.95 bits per heavy atom. The standard InChI is InChI=1S/C18H26O2/c1-18-9-8-14-13-5-3-12(19)10-11(13)2-4-15(14)16(18)6-7-17(18)20/h8,10,12-13,15-17,19-20H,2-7,9H2,1H3/t12-,13+,15-,16+,17+,18+/m1/s1. The first-order valence-electron chi connectivity index (χ1n) is 8.36. The second kappa shape index (κ2) is 4.45. The van der Waals surface area contributed by atoms with E-state index >= 15 is 0 Å². The molecule has 0 aliphatic heterocycles. The Morgan fingerprint density at radius 3 is 2.80 bits per heavy atom. The number of hydrogen-bond acceptors (Lipinski definition) is 2. The first-order valence-corrected chi connectivity index (χ1v) is 8.36. The highest BCUT2D eigenvalue weighted by Gasteiger charge is 2.53. The van der Waals surface area contributed by atoms with Gasteiger partial charge in [0.2, 0.25) is 0 Å². The Kier molecular flexibility index (Phi) is 2.91. The van der Waals surface area contributed by atoms with Crippen molar-refractivity contribution in [1.82, 2.24) is 0 Å². The lowest BCUT2D eigenvalue weighted by molar-refractivity contribution is 0.0163. The van der Waals surface area contributed by atoms with Crippen molar-refractivity contribution in [3.63, 3.8) is 0 Å². The van der Waals surface area contributed by atoms with Gasteiger partial charge in [0.15, 0.2) is 0 Å². The van der Waals surface area contributed by atoms with Crippen LogP contribution < -0.4 is 0 Å². The van der Waals surface area contributed by atoms with Crippen LogP contribution in [-0.2, 0) is 0 Å². The predicted molar refractivity (Wildman–Crippen MR) is 79.1 cm³/mol. The van der Waals surface area contributed by atoms with E-state index in [9.17, 15) is 10.2 Å². The van der Waals surface area contributed by atoms with Crippen LogP contribution in [-0.4, -0.2) is 22.4 Å². The monoisotopic (exact) mass is 274 g/mol. The SMILES string of the molecule is C[C@]12CC=C3[C@H]4CC[C@@H](O)C=C4CC[C@H]3[C@@H]1CC[C@@H]2O. The summed E-state index contributed by atoms with van der Waals surface area (Å²) >= 11 is 0. The molecule has 0 amide bonds. The Bertz CT molecular complexity index is 478. The Morgan fingerprint density at radius 1 is 1.10 bits per heavy atom. The van der Waals surface area contributed by atoms with Gasteiger partial charge in [-0.25, -0.2) is 0 Å². The van der Waals surface area contributed by atoms with E-state index in [2.05, 4.69) is 19.1 Å². The highest BCUT2D eigenvalue weighted by Crippen LogP contribution is 2.59. The van der Waals surface area contributed by atoms with Crippen molar-refractivity contribution in [2.45, 2.75) is 64.1 Å². The number of fused-ring (bicyclic) bond motifs is 5. The molecule has 0 aromatic heterocycles. The number of aliphatic hydroxyl groups is 2. The summed E-state index contributed by atoms with van der Waals surface area (Å²) in [5, 5.41) is 20.2. The highest BCUT2D eigenvalue weighted by molar-refractivity contribution is 5.33. The average Bonchev–Trinajstić information content (AvgIpc) is 2.74. The van der Waals surface area contributed by atoms with E-state index in [-0.39, 0.29) is 17.6 Å². The summed E-state index contributed by atoms with van der Waals surface area (Å²) in [6.07, 6.45) is 12.0. The molecule has 0 aromatic carbocycles. The van der Waals surface area contributed by atoms with Crippen LogP contribution in [0.5, 0.6) is 0 Å². The van der Waals surface area contributed by atoms with Crippen LogP contribution >= 0.6 is 0 Å². The zero-order valence-corrected chi connectivity index (χ0v) is 12.4. The Labute approximate surface area is 121 Å². The largest absolute Gasteiger partial charge is 0.393 e. The van der Waals surface area contributed by atoms with E-state index in [1.165, 1.54) is 18.4 Å². The van der Waals surface area contributed by atoms with Gasteiger partial charge >= 0.3 is 0 Å². The molecule has 0 spiro atoms. The van der Waals surface area contributed by atoms with Crippen molar-refractivity contribution >= 4 is 0 Å². The molecule has 0 heterocycles. The third-order valence-corrected chi connectivity index (χ3v) is 6.80. The lowest BCUT2D eigenvalue weighted by Crippen LogP contribution is -2.42. The molecule has 2 saturated carbocycles. The minimum Gasteiger partial charge on any atom is -0.393 e. The summed E-state index contributed by atoms with van der Waals surface area (Å²) < 4.78 is 0. The fraction of sp³-hybridized carbons (Fsp3) is 0.778. The maximum atomic E-state index is 10.4. The van der Waals surface area contributed by atoms with Crippen molar-refractivity contribution in [3.8, 4) is 0 Å². The molecule has 6 atom stereocenters. The van der Waals surface area contributed by atoms with Crippen LogP contribution in [0.25, 0.3) is 0 Å². The van der Waals surface area contributed by atoms with Crippen molar-refractivity contribution in [2.24, 2.45) is 23.2 Å². The first-order chi connectivity index (χ1) is 9.59. The fourth-order valence-electron chi connectivity index (χ4n) is 5.61. The van der Waals surface area contributed by atoms with E-state index in [0.717, 1.165) is 32.1 Å². The minimum absolute atomic E-state index is 0.101. The molecular formula is C18H26O2. The maximum absolute atomic E-state index is 10.4. The molecule has 2 heteroatoms. The molecule has 2 fully saturated rings. The lowest BCUT2D eigenvalue weighted by Gasteiger charge is -2.49. The second-order valence-electron chi connectivity index (χ2n) is 7.70. The van der Waals surface area contributed by atoms with Gasteiger partial charge in [0.1, 0.15) is 0 Å². The smallest absolute Gasteiger partial charge is 0.0724 e. The molecule has 0 radical (unpaired) electrons. The molecular weight excluding hydrogens is 248 g/mol. The predicted octanol–water partition coefficient (Wildman–Crippen LogP) is 3.20. The summed E-state index contributed by atoms with van der Waals surface area (Å²) in [5.74, 6) is 1.99. The van der Waals surface area contributed by atoms with E-state index in [0.29, 0.717) is 17.8 Å². The summed E-state index contributed by atoms with van der Waals surface area (Å²) in [5.41, 5.74) is 3.28. The van der Waals surface area contributed by atoms with Crippen LogP contribution in [0.2, 0.25) is 0 Å². The van der Waals surface area contributed by atoms with Crippen molar-refractivity contribution < 1.29 is 10.2 Å². The second-order valence-corrected chi connectivity index (χ2v) is 7.70. The molecule has 20 heavy (non-hydrogen) atoms. The molecule has 0 saturated heterocycles. The maximum Gasteiger partial charge on any atom is 0.0724 e. The van der Waals surface area contributed by atoms with Crippen molar-refractivity contribution in [2.75, 3.05) is 0 Å². The van der Waals surface area contributed by atoms with Gasteiger partial charge < -0.3 is 10.2 Å². The number of hydrogen-bond donors (Lipinski definition) is 2. The van der Waals surface area contributed by atoms with Crippen LogP contribution in [0.15, 0.2) is 23.3 Å². The van der Waals surface area contributed by atoms with Crippen LogP contribution in [0.1, 0.15) is 51.9 Å². The van der Waals surface area contributed by atoms with Crippen LogP contribution in [0.4, 0.5) is 0 Å². The fourth-order valence-corrected chi connectivity index (χ4v) is 5.61. The van der Waals surface area contributed by atoms with Gasteiger partial charge in [0.05, 0.1) is 12.2 Å². The molecule has 0 bridgehead atoms. The van der Waals surface area contributed by atoms with Crippen LogP contribution in [0.3, 0.4) is 0 Å². The quantitative estimate of drug-likeness (QED) is 0.666. The van der Waals surface area contributed by atoms with Gasteiger partial charge in [0, 0.05) is 11.3 Å². The molecule has 110 valence electrons. The zero-order chi connectivity index (χ0) is 13.9. The van der Waals surface area contributed by atoms with Crippen molar-refractivity contribution in [3.05, 3.63) is 23.3 Å². The third kappa shape index (κ3) is 1.70. The Hall–Kier alpha value is -0.600. The third-order valence-electron chi connectivity index (χ3n) is 6.80. The van der Waals surface area contributed by atoms with Gasteiger partial charge in [-0.15, -0.1) is 0 Å². The molecule has 0 aromatic rings. The number of aliphatic hydroxyl groups excluding tert-OH is 2. The first kappa shape index (κ1) is 13.1. The number of rotatable bonds is 0. The summed E-state index contributed by atoms with van der Waals surface area (Å²) in [6.45, 7) is 2.30. The van der Waals surface area contributed by atoms with Gasteiger partial charge in [-0.3, -0.25) is 0 Å². The molecule has 4 aliphatic rings. The number of allylic oxidation sites excluding steroid dienone is 3. The van der Waals surface area contributed by atoms with E-state index < -0.39 is 0 Å². The van der Waals surface area contributed by atoms with E-state index in [1.54, 1.807) is 5.57 Å². The summed E-state index contributed by atoms with van der Waals surface area (Å²) in [6, 6.07) is 0. The summed E-state index contributed by atoms with van der Waals surface area (Å²) in [4.78, 5) is 0. The van der Waals surface area contributed by atoms with E-state index in [1.807, 2.05) is 0 Å². The van der Waals surface area contributed by atoms with Gasteiger partial charge in [-0.2, -0.15) is 0 Å². The summed E-state index contributed by atoms with van der Waals surface area (Å²) in [7, 11) is 0. The molecule has 2 N–H and O–H groups in total. The normalized spacial score (nSPS) is 50.6.